The van der Waals surface area contributed by atoms with Gasteiger partial charge >= 0.3 is 0 Å². The molecule has 0 saturated heterocycles. The van der Waals surface area contributed by atoms with Crippen LogP contribution in [0.3, 0.4) is 0 Å². The molecule has 0 atom stereocenters. The molecule has 0 saturated carbocycles. The molecule has 2 aromatic carbocycles. The molecule has 1 heterocycles. The quantitative estimate of drug-likeness (QED) is 0.645. The lowest BCUT2D eigenvalue weighted by atomic mass is 10.1. The van der Waals surface area contributed by atoms with Crippen LogP contribution in [0.5, 0.6) is 0 Å². The van der Waals surface area contributed by atoms with Gasteiger partial charge in [-0.2, -0.15) is 0 Å². The minimum atomic E-state index is -0.223. The van der Waals surface area contributed by atoms with Gasteiger partial charge in [-0.05, 0) is 81.5 Å². The van der Waals surface area contributed by atoms with Crippen LogP contribution in [-0.2, 0) is 6.42 Å². The maximum atomic E-state index is 13.2. The molecule has 4 heteroatoms. The number of aryl methyl sites for hydroxylation is 1. The molecule has 0 aliphatic heterocycles. The lowest BCUT2D eigenvalue weighted by Crippen LogP contribution is -2.13. The highest BCUT2D eigenvalue weighted by molar-refractivity contribution is 6.31. The molecule has 120 valence electrons. The van der Waals surface area contributed by atoms with Gasteiger partial charge in [0.05, 0.1) is 5.52 Å². The van der Waals surface area contributed by atoms with E-state index in [1.807, 2.05) is 18.2 Å². The van der Waals surface area contributed by atoms with Crippen molar-refractivity contribution >= 4 is 22.5 Å². The fourth-order valence-electron chi connectivity index (χ4n) is 2.87. The SMILES string of the molecule is CN(C)CCCc1cn(-c2ccc(F)cc2)c2ccc(Cl)cc12. The summed E-state index contributed by atoms with van der Waals surface area (Å²) in [7, 11) is 4.16. The van der Waals surface area contributed by atoms with Crippen molar-refractivity contribution in [3.63, 3.8) is 0 Å². The lowest BCUT2D eigenvalue weighted by Gasteiger charge is -2.08. The highest BCUT2D eigenvalue weighted by Crippen LogP contribution is 2.28. The van der Waals surface area contributed by atoms with Gasteiger partial charge in [-0.15, -0.1) is 0 Å². The fraction of sp³-hybridized carbons (Fsp3) is 0.263. The van der Waals surface area contributed by atoms with Gasteiger partial charge in [0.1, 0.15) is 5.82 Å². The molecule has 3 aromatic rings. The lowest BCUT2D eigenvalue weighted by molar-refractivity contribution is 0.400. The zero-order valence-corrected chi connectivity index (χ0v) is 14.1. The van der Waals surface area contributed by atoms with Gasteiger partial charge in [-0.3, -0.25) is 0 Å². The number of nitrogens with zero attached hydrogens (tertiary/aromatic N) is 2. The third-order valence-corrected chi connectivity index (χ3v) is 4.24. The summed E-state index contributed by atoms with van der Waals surface area (Å²) in [5.74, 6) is -0.223. The second-order valence-electron chi connectivity index (χ2n) is 6.07. The molecule has 0 fully saturated rings. The molecule has 0 aliphatic carbocycles. The highest BCUT2D eigenvalue weighted by Gasteiger charge is 2.10. The molecule has 23 heavy (non-hydrogen) atoms. The smallest absolute Gasteiger partial charge is 0.123 e. The van der Waals surface area contributed by atoms with Crippen LogP contribution in [0.25, 0.3) is 16.6 Å². The third kappa shape index (κ3) is 3.57. The van der Waals surface area contributed by atoms with Gasteiger partial charge in [0.25, 0.3) is 0 Å². The van der Waals surface area contributed by atoms with Crippen molar-refractivity contribution in [3.8, 4) is 5.69 Å². The van der Waals surface area contributed by atoms with Gasteiger partial charge in [0.15, 0.2) is 0 Å². The Labute approximate surface area is 141 Å². The molecule has 0 radical (unpaired) electrons. The van der Waals surface area contributed by atoms with E-state index in [2.05, 4.69) is 29.8 Å². The average molecular weight is 331 g/mol. The van der Waals surface area contributed by atoms with Crippen LogP contribution in [0.15, 0.2) is 48.7 Å². The summed E-state index contributed by atoms with van der Waals surface area (Å²) in [6.45, 7) is 1.05. The number of hydrogen-bond acceptors (Lipinski definition) is 1. The minimum Gasteiger partial charge on any atom is -0.316 e. The van der Waals surface area contributed by atoms with Crippen LogP contribution in [-0.4, -0.2) is 30.1 Å². The molecule has 0 N–H and O–H groups in total. The van der Waals surface area contributed by atoms with E-state index < -0.39 is 0 Å². The first kappa shape index (κ1) is 16.0. The van der Waals surface area contributed by atoms with Crippen LogP contribution < -0.4 is 0 Å². The summed E-state index contributed by atoms with van der Waals surface area (Å²) in [4.78, 5) is 2.19. The normalized spacial score (nSPS) is 11.5. The summed E-state index contributed by atoms with van der Waals surface area (Å²) in [6, 6.07) is 12.5. The van der Waals surface area contributed by atoms with E-state index in [-0.39, 0.29) is 5.82 Å². The molecule has 2 nitrogen and oxygen atoms in total. The standard InChI is InChI=1S/C19H20ClFN2/c1-22(2)11-3-4-14-13-23(17-8-6-16(21)7-9-17)19-10-5-15(20)12-18(14)19/h5-10,12-13H,3-4,11H2,1-2H3. The van der Waals surface area contributed by atoms with Gasteiger partial charge < -0.3 is 9.47 Å². The van der Waals surface area contributed by atoms with Crippen LogP contribution >= 0.6 is 11.6 Å². The number of halogens is 2. The van der Waals surface area contributed by atoms with Gasteiger partial charge in [0.2, 0.25) is 0 Å². The zero-order chi connectivity index (χ0) is 16.4. The third-order valence-electron chi connectivity index (χ3n) is 4.01. The van der Waals surface area contributed by atoms with Crippen LogP contribution in [0.1, 0.15) is 12.0 Å². The first-order valence-corrected chi connectivity index (χ1v) is 8.12. The Morgan fingerprint density at radius 1 is 1.09 bits per heavy atom. The van der Waals surface area contributed by atoms with Gasteiger partial charge in [-0.25, -0.2) is 4.39 Å². The Morgan fingerprint density at radius 3 is 2.52 bits per heavy atom. The van der Waals surface area contributed by atoms with Crippen molar-refractivity contribution in [1.82, 2.24) is 9.47 Å². The Bertz CT molecular complexity index is 806. The Kier molecular flexibility index (Phi) is 4.69. The van der Waals surface area contributed by atoms with E-state index >= 15 is 0 Å². The molecule has 3 rings (SSSR count). The first-order valence-electron chi connectivity index (χ1n) is 7.75. The number of aromatic nitrogens is 1. The van der Waals surface area contributed by atoms with Crippen LogP contribution in [0.4, 0.5) is 4.39 Å². The van der Waals surface area contributed by atoms with E-state index in [1.165, 1.54) is 23.1 Å². The van der Waals surface area contributed by atoms with Crippen molar-refractivity contribution in [2.24, 2.45) is 0 Å². The van der Waals surface area contributed by atoms with Crippen LogP contribution in [0.2, 0.25) is 5.02 Å². The average Bonchev–Trinajstić information content (AvgIpc) is 2.86. The fourth-order valence-corrected chi connectivity index (χ4v) is 3.04. The van der Waals surface area contributed by atoms with E-state index in [4.69, 9.17) is 11.6 Å². The largest absolute Gasteiger partial charge is 0.316 e. The Morgan fingerprint density at radius 2 is 1.83 bits per heavy atom. The molecule has 0 spiro atoms. The first-order chi connectivity index (χ1) is 11.0. The predicted molar refractivity (Wildman–Crippen MR) is 95.1 cm³/mol. The summed E-state index contributed by atoms with van der Waals surface area (Å²) in [5, 5.41) is 1.91. The summed E-state index contributed by atoms with van der Waals surface area (Å²) < 4.78 is 15.3. The summed E-state index contributed by atoms with van der Waals surface area (Å²) in [5.41, 5.74) is 3.33. The van der Waals surface area contributed by atoms with Gasteiger partial charge in [0, 0.05) is 22.3 Å². The molecule has 1 aromatic heterocycles. The highest BCUT2D eigenvalue weighted by atomic mass is 35.5. The van der Waals surface area contributed by atoms with E-state index in [9.17, 15) is 4.39 Å². The van der Waals surface area contributed by atoms with Crippen molar-refractivity contribution in [2.75, 3.05) is 20.6 Å². The van der Waals surface area contributed by atoms with Gasteiger partial charge in [-0.1, -0.05) is 11.6 Å². The maximum absolute atomic E-state index is 13.2. The number of rotatable bonds is 5. The van der Waals surface area contributed by atoms with Crippen molar-refractivity contribution in [1.29, 1.82) is 0 Å². The van der Waals surface area contributed by atoms with Crippen LogP contribution in [0, 0.1) is 5.82 Å². The maximum Gasteiger partial charge on any atom is 0.123 e. The van der Waals surface area contributed by atoms with E-state index in [1.54, 1.807) is 12.1 Å². The minimum absolute atomic E-state index is 0.223. The summed E-state index contributed by atoms with van der Waals surface area (Å²) in [6.07, 6.45) is 4.22. The summed E-state index contributed by atoms with van der Waals surface area (Å²) >= 11 is 6.18. The molecule has 0 unspecified atom stereocenters. The molecular formula is C19H20ClFN2. The zero-order valence-electron chi connectivity index (χ0n) is 13.4. The molecule has 0 bridgehead atoms. The molecule has 0 amide bonds. The Hall–Kier alpha value is -1.84. The van der Waals surface area contributed by atoms with E-state index in [0.29, 0.717) is 0 Å². The second-order valence-corrected chi connectivity index (χ2v) is 6.51. The number of benzene rings is 2. The van der Waals surface area contributed by atoms with Crippen molar-refractivity contribution < 1.29 is 4.39 Å². The van der Waals surface area contributed by atoms with Crippen molar-refractivity contribution in [2.45, 2.75) is 12.8 Å². The molecule has 0 aliphatic rings. The Balaban J connectivity index is 2.02. The second kappa shape index (κ2) is 6.73. The van der Waals surface area contributed by atoms with Crippen molar-refractivity contribution in [3.05, 3.63) is 65.1 Å². The number of fused-ring (bicyclic) bond motifs is 1. The monoisotopic (exact) mass is 330 g/mol. The predicted octanol–water partition coefficient (Wildman–Crippen LogP) is 4.92. The van der Waals surface area contributed by atoms with E-state index in [0.717, 1.165) is 35.6 Å². The molecular weight excluding hydrogens is 311 g/mol. The topological polar surface area (TPSA) is 8.17 Å². The number of hydrogen-bond donors (Lipinski definition) is 0.